The summed E-state index contributed by atoms with van der Waals surface area (Å²) >= 11 is 3.48. The summed E-state index contributed by atoms with van der Waals surface area (Å²) in [7, 11) is 0. The Morgan fingerprint density at radius 2 is 2.07 bits per heavy atom. The molecule has 82 valence electrons. The molecule has 0 aliphatic heterocycles. The van der Waals surface area contributed by atoms with E-state index >= 15 is 0 Å². The Balaban J connectivity index is 2.50. The van der Waals surface area contributed by atoms with E-state index in [0.29, 0.717) is 6.54 Å². The summed E-state index contributed by atoms with van der Waals surface area (Å²) in [6.45, 7) is 4.93. The Labute approximate surface area is 98.0 Å². The van der Waals surface area contributed by atoms with Crippen LogP contribution in [0.25, 0.3) is 0 Å². The maximum Gasteiger partial charge on any atom is 0.123 e. The van der Waals surface area contributed by atoms with E-state index in [1.54, 1.807) is 12.1 Å². The lowest BCUT2D eigenvalue weighted by molar-refractivity contribution is 0.498. The van der Waals surface area contributed by atoms with Crippen molar-refractivity contribution in [3.63, 3.8) is 0 Å². The molecule has 1 fully saturated rings. The molecule has 1 aliphatic rings. The van der Waals surface area contributed by atoms with Crippen LogP contribution in [0.15, 0.2) is 22.7 Å². The Kier molecular flexibility index (Phi) is 2.43. The number of nitrogens with two attached hydrogens (primary N) is 1. The van der Waals surface area contributed by atoms with Crippen molar-refractivity contribution in [2.75, 3.05) is 6.54 Å². The molecule has 1 unspecified atom stereocenters. The number of rotatable bonds is 2. The Bertz CT molecular complexity index is 403. The standard InChI is InChI=1S/C12H15BrFN/c1-11(2)6-12(11,7-15)9-5-8(14)3-4-10(9)13/h3-5H,6-7,15H2,1-2H3. The first-order chi connectivity index (χ1) is 6.93. The van der Waals surface area contributed by atoms with Crippen LogP contribution < -0.4 is 5.73 Å². The van der Waals surface area contributed by atoms with Gasteiger partial charge in [0.1, 0.15) is 5.82 Å². The summed E-state index contributed by atoms with van der Waals surface area (Å²) in [5.41, 5.74) is 6.99. The van der Waals surface area contributed by atoms with Gasteiger partial charge in [-0.25, -0.2) is 4.39 Å². The van der Waals surface area contributed by atoms with Crippen LogP contribution in [-0.4, -0.2) is 6.54 Å². The summed E-state index contributed by atoms with van der Waals surface area (Å²) in [4.78, 5) is 0. The minimum atomic E-state index is -0.191. The molecule has 0 aromatic heterocycles. The maximum atomic E-state index is 13.2. The third-order valence-corrected chi connectivity index (χ3v) is 4.40. The molecule has 0 spiro atoms. The van der Waals surface area contributed by atoms with Gasteiger partial charge in [-0.3, -0.25) is 0 Å². The van der Waals surface area contributed by atoms with Crippen molar-refractivity contribution in [1.82, 2.24) is 0 Å². The fourth-order valence-corrected chi connectivity index (χ4v) is 3.12. The van der Waals surface area contributed by atoms with Gasteiger partial charge in [-0.05, 0) is 35.6 Å². The predicted octanol–water partition coefficient (Wildman–Crippen LogP) is 3.21. The highest BCUT2D eigenvalue weighted by molar-refractivity contribution is 9.10. The third kappa shape index (κ3) is 1.53. The molecule has 1 nitrogen and oxygen atoms in total. The molecule has 0 heterocycles. The van der Waals surface area contributed by atoms with Crippen LogP contribution in [-0.2, 0) is 5.41 Å². The maximum absolute atomic E-state index is 13.2. The van der Waals surface area contributed by atoms with E-state index in [-0.39, 0.29) is 16.6 Å². The average molecular weight is 272 g/mol. The molecule has 1 aromatic carbocycles. The van der Waals surface area contributed by atoms with E-state index in [9.17, 15) is 4.39 Å². The number of benzene rings is 1. The SMILES string of the molecule is CC1(C)CC1(CN)c1cc(F)ccc1Br. The van der Waals surface area contributed by atoms with Gasteiger partial charge in [0.05, 0.1) is 0 Å². The largest absolute Gasteiger partial charge is 0.330 e. The second-order valence-electron chi connectivity index (χ2n) is 4.97. The zero-order valence-corrected chi connectivity index (χ0v) is 10.6. The molecule has 1 atom stereocenters. The fraction of sp³-hybridized carbons (Fsp3) is 0.500. The van der Waals surface area contributed by atoms with Crippen molar-refractivity contribution in [3.05, 3.63) is 34.1 Å². The van der Waals surface area contributed by atoms with Crippen molar-refractivity contribution in [2.24, 2.45) is 11.1 Å². The number of hydrogen-bond acceptors (Lipinski definition) is 1. The van der Waals surface area contributed by atoms with Gasteiger partial charge in [0, 0.05) is 16.4 Å². The van der Waals surface area contributed by atoms with Crippen LogP contribution in [0.3, 0.4) is 0 Å². The van der Waals surface area contributed by atoms with Crippen LogP contribution in [0.1, 0.15) is 25.8 Å². The molecule has 0 saturated heterocycles. The summed E-state index contributed by atoms with van der Waals surface area (Å²) in [6.07, 6.45) is 1.03. The highest BCUT2D eigenvalue weighted by atomic mass is 79.9. The second kappa shape index (κ2) is 3.29. The minimum absolute atomic E-state index is 0.0477. The van der Waals surface area contributed by atoms with Gasteiger partial charge in [0.15, 0.2) is 0 Å². The molecule has 1 saturated carbocycles. The molecule has 3 heteroatoms. The Morgan fingerprint density at radius 1 is 1.47 bits per heavy atom. The summed E-state index contributed by atoms with van der Waals surface area (Å²) in [5, 5.41) is 0. The van der Waals surface area contributed by atoms with Gasteiger partial charge in [-0.15, -0.1) is 0 Å². The summed E-state index contributed by atoms with van der Waals surface area (Å²) in [5.74, 6) is -0.191. The number of halogens is 2. The molecule has 1 aromatic rings. The molecule has 2 N–H and O–H groups in total. The van der Waals surface area contributed by atoms with Gasteiger partial charge in [-0.2, -0.15) is 0 Å². The van der Waals surface area contributed by atoms with Gasteiger partial charge in [0.25, 0.3) is 0 Å². The van der Waals surface area contributed by atoms with E-state index < -0.39 is 0 Å². The first-order valence-corrected chi connectivity index (χ1v) is 5.88. The summed E-state index contributed by atoms with van der Waals surface area (Å²) in [6, 6.07) is 4.83. The summed E-state index contributed by atoms with van der Waals surface area (Å²) < 4.78 is 14.2. The van der Waals surface area contributed by atoms with Crippen molar-refractivity contribution in [1.29, 1.82) is 0 Å². The highest BCUT2D eigenvalue weighted by Gasteiger charge is 2.61. The third-order valence-electron chi connectivity index (χ3n) is 3.71. The molecule has 0 amide bonds. The zero-order valence-electron chi connectivity index (χ0n) is 8.98. The zero-order chi connectivity index (χ0) is 11.3. The van der Waals surface area contributed by atoms with Gasteiger partial charge >= 0.3 is 0 Å². The first kappa shape index (κ1) is 11.1. The monoisotopic (exact) mass is 271 g/mol. The van der Waals surface area contributed by atoms with Crippen molar-refractivity contribution >= 4 is 15.9 Å². The molecule has 1 aliphatic carbocycles. The van der Waals surface area contributed by atoms with Gasteiger partial charge < -0.3 is 5.73 Å². The average Bonchev–Trinajstić information content (AvgIpc) is 2.74. The van der Waals surface area contributed by atoms with Crippen LogP contribution in [0.5, 0.6) is 0 Å². The smallest absolute Gasteiger partial charge is 0.123 e. The fourth-order valence-electron chi connectivity index (χ4n) is 2.49. The number of hydrogen-bond donors (Lipinski definition) is 1. The first-order valence-electron chi connectivity index (χ1n) is 5.08. The normalized spacial score (nSPS) is 27.8. The lowest BCUT2D eigenvalue weighted by atomic mass is 9.88. The van der Waals surface area contributed by atoms with Gasteiger partial charge in [-0.1, -0.05) is 29.8 Å². The van der Waals surface area contributed by atoms with E-state index in [2.05, 4.69) is 29.8 Å². The van der Waals surface area contributed by atoms with Crippen LogP contribution in [0, 0.1) is 11.2 Å². The van der Waals surface area contributed by atoms with E-state index in [1.807, 2.05) is 0 Å². The van der Waals surface area contributed by atoms with Crippen molar-refractivity contribution in [2.45, 2.75) is 25.7 Å². The van der Waals surface area contributed by atoms with E-state index in [0.717, 1.165) is 16.5 Å². The van der Waals surface area contributed by atoms with Gasteiger partial charge in [0.2, 0.25) is 0 Å². The van der Waals surface area contributed by atoms with Crippen LogP contribution >= 0.6 is 15.9 Å². The molecule has 15 heavy (non-hydrogen) atoms. The van der Waals surface area contributed by atoms with Crippen molar-refractivity contribution < 1.29 is 4.39 Å². The van der Waals surface area contributed by atoms with Crippen LogP contribution in [0.2, 0.25) is 0 Å². The highest BCUT2D eigenvalue weighted by Crippen LogP contribution is 2.64. The molecular weight excluding hydrogens is 257 g/mol. The Morgan fingerprint density at radius 3 is 2.53 bits per heavy atom. The van der Waals surface area contributed by atoms with Crippen molar-refractivity contribution in [3.8, 4) is 0 Å². The predicted molar refractivity (Wildman–Crippen MR) is 63.2 cm³/mol. The van der Waals surface area contributed by atoms with E-state index in [4.69, 9.17) is 5.73 Å². The van der Waals surface area contributed by atoms with E-state index in [1.165, 1.54) is 6.07 Å². The quantitative estimate of drug-likeness (QED) is 0.879. The molecule has 2 rings (SSSR count). The molecular formula is C12H15BrFN. The second-order valence-corrected chi connectivity index (χ2v) is 5.83. The molecule has 0 bridgehead atoms. The van der Waals surface area contributed by atoms with Crippen LogP contribution in [0.4, 0.5) is 4.39 Å². The topological polar surface area (TPSA) is 26.0 Å². The lowest BCUT2D eigenvalue weighted by Gasteiger charge is -2.20. The molecule has 0 radical (unpaired) electrons. The minimum Gasteiger partial charge on any atom is -0.330 e. The lowest BCUT2D eigenvalue weighted by Crippen LogP contribution is -2.25. The Hall–Kier alpha value is -0.410.